The second-order valence-electron chi connectivity index (χ2n) is 4.61. The summed E-state index contributed by atoms with van der Waals surface area (Å²) in [6.45, 7) is 6.88. The topological polar surface area (TPSA) is 27.7 Å². The van der Waals surface area contributed by atoms with Gasteiger partial charge in [-0.3, -0.25) is 0 Å². The van der Waals surface area contributed by atoms with Gasteiger partial charge in [-0.25, -0.2) is 4.39 Å². The molecule has 0 spiro atoms. The number of halogens is 1. The Hall–Kier alpha value is -1.13. The molecule has 3 nitrogen and oxygen atoms in total. The molecular formula is C15H23FO3. The standard InChI is InChI=1S/C15H23FO3/c1-5-14(19-11(2)3)13-10-12(16)6-7-15(13)18-9-8-17-4/h6-7,10-11,14H,5,8-9H2,1-4H3/t14-/m0/s1. The maximum absolute atomic E-state index is 13.4. The van der Waals surface area contributed by atoms with Gasteiger partial charge in [-0.1, -0.05) is 6.92 Å². The summed E-state index contributed by atoms with van der Waals surface area (Å²) < 4.78 is 29.8. The molecule has 0 aliphatic rings. The third kappa shape index (κ3) is 5.17. The van der Waals surface area contributed by atoms with Crippen molar-refractivity contribution >= 4 is 0 Å². The van der Waals surface area contributed by atoms with E-state index in [1.165, 1.54) is 12.1 Å². The zero-order valence-electron chi connectivity index (χ0n) is 12.1. The molecule has 0 saturated heterocycles. The number of rotatable bonds is 8. The van der Waals surface area contributed by atoms with Crippen LogP contribution in [0.1, 0.15) is 38.9 Å². The van der Waals surface area contributed by atoms with Crippen LogP contribution in [0.5, 0.6) is 5.75 Å². The molecule has 0 aliphatic carbocycles. The first-order valence-corrected chi connectivity index (χ1v) is 6.65. The van der Waals surface area contributed by atoms with E-state index in [1.54, 1.807) is 13.2 Å². The maximum atomic E-state index is 13.4. The van der Waals surface area contributed by atoms with Gasteiger partial charge in [0.25, 0.3) is 0 Å². The normalized spacial score (nSPS) is 12.7. The van der Waals surface area contributed by atoms with Crippen LogP contribution in [0.25, 0.3) is 0 Å². The highest BCUT2D eigenvalue weighted by atomic mass is 19.1. The van der Waals surface area contributed by atoms with Gasteiger partial charge in [-0.05, 0) is 38.5 Å². The van der Waals surface area contributed by atoms with Crippen LogP contribution in [0, 0.1) is 5.82 Å². The lowest BCUT2D eigenvalue weighted by molar-refractivity contribution is 0.00253. The summed E-state index contributed by atoms with van der Waals surface area (Å²) in [5, 5.41) is 0. The first-order valence-electron chi connectivity index (χ1n) is 6.65. The van der Waals surface area contributed by atoms with E-state index >= 15 is 0 Å². The van der Waals surface area contributed by atoms with Crippen molar-refractivity contribution in [3.8, 4) is 5.75 Å². The molecule has 1 aromatic rings. The number of hydrogen-bond acceptors (Lipinski definition) is 3. The van der Waals surface area contributed by atoms with Gasteiger partial charge >= 0.3 is 0 Å². The predicted molar refractivity (Wildman–Crippen MR) is 73.0 cm³/mol. The average molecular weight is 270 g/mol. The van der Waals surface area contributed by atoms with Crippen LogP contribution in [-0.2, 0) is 9.47 Å². The smallest absolute Gasteiger partial charge is 0.125 e. The molecule has 1 atom stereocenters. The lowest BCUT2D eigenvalue weighted by atomic mass is 10.1. The molecule has 1 aromatic carbocycles. The first-order chi connectivity index (χ1) is 9.08. The van der Waals surface area contributed by atoms with Crippen LogP contribution in [0.3, 0.4) is 0 Å². The molecule has 0 amide bonds. The summed E-state index contributed by atoms with van der Waals surface area (Å²) in [7, 11) is 1.62. The van der Waals surface area contributed by atoms with Crippen molar-refractivity contribution in [2.24, 2.45) is 0 Å². The molecule has 0 saturated carbocycles. The minimum Gasteiger partial charge on any atom is -0.491 e. The van der Waals surface area contributed by atoms with Crippen molar-refractivity contribution in [2.45, 2.75) is 39.4 Å². The van der Waals surface area contributed by atoms with E-state index in [2.05, 4.69) is 0 Å². The molecule has 0 aliphatic heterocycles. The van der Waals surface area contributed by atoms with Gasteiger partial charge in [-0.2, -0.15) is 0 Å². The van der Waals surface area contributed by atoms with E-state index in [9.17, 15) is 4.39 Å². The molecule has 19 heavy (non-hydrogen) atoms. The van der Waals surface area contributed by atoms with Crippen molar-refractivity contribution in [3.63, 3.8) is 0 Å². The third-order valence-corrected chi connectivity index (χ3v) is 2.67. The summed E-state index contributed by atoms with van der Waals surface area (Å²) in [4.78, 5) is 0. The van der Waals surface area contributed by atoms with Crippen LogP contribution in [0.2, 0.25) is 0 Å². The Morgan fingerprint density at radius 1 is 1.21 bits per heavy atom. The van der Waals surface area contributed by atoms with Gasteiger partial charge in [0.2, 0.25) is 0 Å². The number of ether oxygens (including phenoxy) is 3. The van der Waals surface area contributed by atoms with Gasteiger partial charge in [0.15, 0.2) is 0 Å². The van der Waals surface area contributed by atoms with Crippen molar-refractivity contribution in [2.75, 3.05) is 20.3 Å². The lowest BCUT2D eigenvalue weighted by Gasteiger charge is -2.22. The van der Waals surface area contributed by atoms with E-state index in [4.69, 9.17) is 14.2 Å². The molecule has 0 heterocycles. The van der Waals surface area contributed by atoms with E-state index in [0.29, 0.717) is 19.0 Å². The Kier molecular flexibility index (Phi) is 6.81. The average Bonchev–Trinajstić information content (AvgIpc) is 2.37. The second-order valence-corrected chi connectivity index (χ2v) is 4.61. The highest BCUT2D eigenvalue weighted by molar-refractivity contribution is 5.36. The van der Waals surface area contributed by atoms with Gasteiger partial charge in [0.1, 0.15) is 18.2 Å². The van der Waals surface area contributed by atoms with Crippen LogP contribution < -0.4 is 4.74 Å². The second kappa shape index (κ2) is 8.12. The fourth-order valence-corrected chi connectivity index (χ4v) is 1.86. The molecule has 0 fully saturated rings. The molecule has 0 aromatic heterocycles. The van der Waals surface area contributed by atoms with Crippen LogP contribution in [0.4, 0.5) is 4.39 Å². The van der Waals surface area contributed by atoms with Crippen LogP contribution >= 0.6 is 0 Å². The van der Waals surface area contributed by atoms with Crippen LogP contribution in [-0.4, -0.2) is 26.4 Å². The Bertz CT molecular complexity index is 380. The Labute approximate surface area is 114 Å². The minimum atomic E-state index is -0.278. The van der Waals surface area contributed by atoms with Gasteiger partial charge < -0.3 is 14.2 Å². The number of benzene rings is 1. The predicted octanol–water partition coefficient (Wildman–Crippen LogP) is 3.73. The van der Waals surface area contributed by atoms with E-state index < -0.39 is 0 Å². The monoisotopic (exact) mass is 270 g/mol. The van der Waals surface area contributed by atoms with Crippen molar-refractivity contribution < 1.29 is 18.6 Å². The molecule has 108 valence electrons. The van der Waals surface area contributed by atoms with Crippen molar-refractivity contribution in [3.05, 3.63) is 29.6 Å². The molecule has 0 unspecified atom stereocenters. The zero-order chi connectivity index (χ0) is 14.3. The lowest BCUT2D eigenvalue weighted by Crippen LogP contribution is -2.13. The van der Waals surface area contributed by atoms with E-state index in [-0.39, 0.29) is 18.0 Å². The third-order valence-electron chi connectivity index (χ3n) is 2.67. The highest BCUT2D eigenvalue weighted by Gasteiger charge is 2.17. The fraction of sp³-hybridized carbons (Fsp3) is 0.600. The Balaban J connectivity index is 2.90. The Morgan fingerprint density at radius 3 is 2.53 bits per heavy atom. The van der Waals surface area contributed by atoms with Crippen LogP contribution in [0.15, 0.2) is 18.2 Å². The maximum Gasteiger partial charge on any atom is 0.125 e. The van der Waals surface area contributed by atoms with Gasteiger partial charge in [-0.15, -0.1) is 0 Å². The van der Waals surface area contributed by atoms with E-state index in [1.807, 2.05) is 20.8 Å². The van der Waals surface area contributed by atoms with Crippen molar-refractivity contribution in [1.29, 1.82) is 0 Å². The Morgan fingerprint density at radius 2 is 1.95 bits per heavy atom. The summed E-state index contributed by atoms with van der Waals surface area (Å²) in [6, 6.07) is 4.53. The summed E-state index contributed by atoms with van der Waals surface area (Å²) in [6.07, 6.45) is 0.690. The molecule has 4 heteroatoms. The van der Waals surface area contributed by atoms with Gasteiger partial charge in [0, 0.05) is 12.7 Å². The fourth-order valence-electron chi connectivity index (χ4n) is 1.86. The summed E-state index contributed by atoms with van der Waals surface area (Å²) >= 11 is 0. The van der Waals surface area contributed by atoms with Crippen molar-refractivity contribution in [1.82, 2.24) is 0 Å². The molecule has 0 bridgehead atoms. The molecular weight excluding hydrogens is 247 g/mol. The summed E-state index contributed by atoms with van der Waals surface area (Å²) in [5.74, 6) is 0.380. The molecule has 1 rings (SSSR count). The first kappa shape index (κ1) is 15.9. The summed E-state index contributed by atoms with van der Waals surface area (Å²) in [5.41, 5.74) is 0.757. The molecule has 0 radical (unpaired) electrons. The number of methoxy groups -OCH3 is 1. The van der Waals surface area contributed by atoms with Gasteiger partial charge in [0.05, 0.1) is 18.8 Å². The highest BCUT2D eigenvalue weighted by Crippen LogP contribution is 2.31. The molecule has 0 N–H and O–H groups in total. The quantitative estimate of drug-likeness (QED) is 0.674. The largest absolute Gasteiger partial charge is 0.491 e. The minimum absolute atomic E-state index is 0.0834. The van der Waals surface area contributed by atoms with E-state index in [0.717, 1.165) is 12.0 Å². The zero-order valence-corrected chi connectivity index (χ0v) is 12.1. The number of hydrogen-bond donors (Lipinski definition) is 0. The SMILES string of the molecule is CC[C@H](OC(C)C)c1cc(F)ccc1OCCOC.